The van der Waals surface area contributed by atoms with Gasteiger partial charge in [-0.15, -0.1) is 12.4 Å². The van der Waals surface area contributed by atoms with Gasteiger partial charge in [-0.25, -0.2) is 0 Å². The van der Waals surface area contributed by atoms with E-state index in [9.17, 15) is 18.0 Å². The van der Waals surface area contributed by atoms with Gasteiger partial charge in [-0.3, -0.25) is 4.79 Å². The van der Waals surface area contributed by atoms with Gasteiger partial charge in [-0.05, 0) is 73.3 Å². The number of ether oxygens (including phenoxy) is 1. The Morgan fingerprint density at radius 3 is 2.52 bits per heavy atom. The summed E-state index contributed by atoms with van der Waals surface area (Å²) in [5.74, 6) is 0.999. The molecule has 8 heteroatoms. The van der Waals surface area contributed by atoms with Crippen molar-refractivity contribution in [1.29, 1.82) is 0 Å². The number of carbonyl (C=O) groups is 1. The lowest BCUT2D eigenvalue weighted by atomic mass is 9.96. The molecule has 1 heterocycles. The monoisotopic (exact) mass is 428 g/mol. The van der Waals surface area contributed by atoms with Crippen LogP contribution in [0.25, 0.3) is 0 Å². The standard InChI is InChI=1S/C21H23F3N2O2.ClH/c1-28-19-7-4-16(11-17(19)10-15-8-9-25-12-15)20(27)26-13-14-2-5-18(6-3-14)21(22,23)24;/h2-7,11,15,25H,8-10,12-13H2,1H3,(H,26,27);1H. The van der Waals surface area contributed by atoms with E-state index in [1.54, 1.807) is 19.2 Å². The smallest absolute Gasteiger partial charge is 0.416 e. The average molecular weight is 429 g/mol. The normalized spacial score (nSPS) is 16.2. The molecule has 1 amide bonds. The fourth-order valence-corrected chi connectivity index (χ4v) is 3.37. The maximum absolute atomic E-state index is 12.6. The molecule has 29 heavy (non-hydrogen) atoms. The molecule has 2 aromatic rings. The number of methoxy groups -OCH3 is 1. The van der Waals surface area contributed by atoms with Crippen molar-refractivity contribution in [2.24, 2.45) is 5.92 Å². The predicted molar refractivity (Wildman–Crippen MR) is 108 cm³/mol. The van der Waals surface area contributed by atoms with Gasteiger partial charge in [0.05, 0.1) is 12.7 Å². The predicted octanol–water partition coefficient (Wildman–Crippen LogP) is 4.22. The van der Waals surface area contributed by atoms with Crippen LogP contribution in [0.3, 0.4) is 0 Å². The Labute approximate surface area is 174 Å². The van der Waals surface area contributed by atoms with Gasteiger partial charge in [0.25, 0.3) is 5.91 Å². The fourth-order valence-electron chi connectivity index (χ4n) is 3.37. The topological polar surface area (TPSA) is 50.4 Å². The Morgan fingerprint density at radius 1 is 1.21 bits per heavy atom. The summed E-state index contributed by atoms with van der Waals surface area (Å²) in [6.07, 6.45) is -2.44. The zero-order valence-electron chi connectivity index (χ0n) is 16.0. The molecule has 1 atom stereocenters. The van der Waals surface area contributed by atoms with Crippen molar-refractivity contribution in [1.82, 2.24) is 10.6 Å². The molecule has 2 aromatic carbocycles. The molecular weight excluding hydrogens is 405 g/mol. The van der Waals surface area contributed by atoms with Gasteiger partial charge in [0.15, 0.2) is 0 Å². The number of halogens is 4. The molecule has 1 fully saturated rings. The number of rotatable bonds is 6. The molecule has 0 aliphatic carbocycles. The number of amides is 1. The van der Waals surface area contributed by atoms with Crippen LogP contribution in [0, 0.1) is 5.92 Å². The minimum atomic E-state index is -4.36. The first-order valence-corrected chi connectivity index (χ1v) is 9.19. The third-order valence-electron chi connectivity index (χ3n) is 4.95. The van der Waals surface area contributed by atoms with Crippen molar-refractivity contribution in [2.45, 2.75) is 25.6 Å². The van der Waals surface area contributed by atoms with Gasteiger partial charge < -0.3 is 15.4 Å². The molecule has 3 rings (SSSR count). The van der Waals surface area contributed by atoms with E-state index in [0.29, 0.717) is 17.0 Å². The van der Waals surface area contributed by atoms with Gasteiger partial charge in [-0.1, -0.05) is 12.1 Å². The molecule has 1 saturated heterocycles. The number of nitrogens with one attached hydrogen (secondary N) is 2. The summed E-state index contributed by atoms with van der Waals surface area (Å²) in [5, 5.41) is 6.09. The highest BCUT2D eigenvalue weighted by atomic mass is 35.5. The zero-order chi connectivity index (χ0) is 20.1. The number of carbonyl (C=O) groups excluding carboxylic acids is 1. The van der Waals surface area contributed by atoms with Crippen LogP contribution in [-0.4, -0.2) is 26.1 Å². The first-order chi connectivity index (χ1) is 13.4. The molecule has 2 N–H and O–H groups in total. The second-order valence-electron chi connectivity index (χ2n) is 6.97. The van der Waals surface area contributed by atoms with Gasteiger partial charge in [-0.2, -0.15) is 13.2 Å². The average Bonchev–Trinajstić information content (AvgIpc) is 3.18. The van der Waals surface area contributed by atoms with Gasteiger partial charge in [0.1, 0.15) is 5.75 Å². The first kappa shape index (κ1) is 23.0. The highest BCUT2D eigenvalue weighted by molar-refractivity contribution is 5.94. The zero-order valence-corrected chi connectivity index (χ0v) is 16.8. The van der Waals surface area contributed by atoms with Gasteiger partial charge in [0, 0.05) is 12.1 Å². The number of benzene rings is 2. The lowest BCUT2D eigenvalue weighted by Crippen LogP contribution is -2.23. The third kappa shape index (κ3) is 6.11. The summed E-state index contributed by atoms with van der Waals surface area (Å²) >= 11 is 0. The Balaban J connectivity index is 0.00000300. The van der Waals surface area contributed by atoms with Crippen molar-refractivity contribution in [3.63, 3.8) is 0 Å². The minimum Gasteiger partial charge on any atom is -0.496 e. The lowest BCUT2D eigenvalue weighted by Gasteiger charge is -2.14. The van der Waals surface area contributed by atoms with E-state index >= 15 is 0 Å². The summed E-state index contributed by atoms with van der Waals surface area (Å²) in [6, 6.07) is 10.1. The molecule has 0 spiro atoms. The van der Waals surface area contributed by atoms with Crippen molar-refractivity contribution in [3.8, 4) is 5.75 Å². The third-order valence-corrected chi connectivity index (χ3v) is 4.95. The number of alkyl halides is 3. The lowest BCUT2D eigenvalue weighted by molar-refractivity contribution is -0.137. The molecule has 0 aromatic heterocycles. The van der Waals surface area contributed by atoms with Crippen molar-refractivity contribution >= 4 is 18.3 Å². The largest absolute Gasteiger partial charge is 0.496 e. The van der Waals surface area contributed by atoms with Crippen molar-refractivity contribution in [3.05, 3.63) is 64.7 Å². The molecule has 0 saturated carbocycles. The van der Waals surface area contributed by atoms with Crippen molar-refractivity contribution < 1.29 is 22.7 Å². The highest BCUT2D eigenvalue weighted by Gasteiger charge is 2.29. The van der Waals surface area contributed by atoms with Crippen LogP contribution in [0.5, 0.6) is 5.75 Å². The Hall–Kier alpha value is -2.25. The molecule has 158 valence electrons. The van der Waals surface area contributed by atoms with Crippen LogP contribution >= 0.6 is 12.4 Å². The number of hydrogen-bond donors (Lipinski definition) is 2. The molecule has 1 aliphatic heterocycles. The summed E-state index contributed by atoms with van der Waals surface area (Å²) in [7, 11) is 1.61. The Kier molecular flexibility index (Phi) is 7.93. The van der Waals surface area contributed by atoms with Gasteiger partial charge >= 0.3 is 6.18 Å². The van der Waals surface area contributed by atoms with E-state index in [4.69, 9.17) is 4.74 Å². The van der Waals surface area contributed by atoms with E-state index in [2.05, 4.69) is 10.6 Å². The first-order valence-electron chi connectivity index (χ1n) is 9.19. The Morgan fingerprint density at radius 2 is 1.93 bits per heavy atom. The van der Waals surface area contributed by atoms with Crippen LogP contribution < -0.4 is 15.4 Å². The second-order valence-corrected chi connectivity index (χ2v) is 6.97. The van der Waals surface area contributed by atoms with E-state index < -0.39 is 11.7 Å². The van der Waals surface area contributed by atoms with E-state index in [1.165, 1.54) is 12.1 Å². The van der Waals surface area contributed by atoms with E-state index in [-0.39, 0.29) is 24.9 Å². The molecule has 0 bridgehead atoms. The van der Waals surface area contributed by atoms with Crippen LogP contribution in [0.15, 0.2) is 42.5 Å². The maximum atomic E-state index is 12.6. The van der Waals surface area contributed by atoms with E-state index in [0.717, 1.165) is 49.4 Å². The molecular formula is C21H24ClF3N2O2. The summed E-state index contributed by atoms with van der Waals surface area (Å²) in [4.78, 5) is 12.5. The quantitative estimate of drug-likeness (QED) is 0.724. The van der Waals surface area contributed by atoms with Crippen LogP contribution in [0.1, 0.15) is 33.5 Å². The second kappa shape index (κ2) is 9.98. The maximum Gasteiger partial charge on any atom is 0.416 e. The van der Waals surface area contributed by atoms with E-state index in [1.807, 2.05) is 6.07 Å². The molecule has 1 aliphatic rings. The van der Waals surface area contributed by atoms with Gasteiger partial charge in [0.2, 0.25) is 0 Å². The summed E-state index contributed by atoms with van der Waals surface area (Å²) in [6.45, 7) is 2.11. The molecule has 4 nitrogen and oxygen atoms in total. The van der Waals surface area contributed by atoms with Crippen molar-refractivity contribution in [2.75, 3.05) is 20.2 Å². The SMILES string of the molecule is COc1ccc(C(=O)NCc2ccc(C(F)(F)F)cc2)cc1CC1CCNC1.Cl. The summed E-state index contributed by atoms with van der Waals surface area (Å²) < 4.78 is 43.3. The minimum absolute atomic E-state index is 0. The fraction of sp³-hybridized carbons (Fsp3) is 0.381. The summed E-state index contributed by atoms with van der Waals surface area (Å²) in [5.41, 5.74) is 1.39. The van der Waals surface area contributed by atoms with Crippen LogP contribution in [0.2, 0.25) is 0 Å². The number of hydrogen-bond acceptors (Lipinski definition) is 3. The molecule has 1 unspecified atom stereocenters. The highest BCUT2D eigenvalue weighted by Crippen LogP contribution is 2.29. The van der Waals surface area contributed by atoms with Crippen LogP contribution in [-0.2, 0) is 19.1 Å². The Bertz CT molecular complexity index is 820. The van der Waals surface area contributed by atoms with Crippen LogP contribution in [0.4, 0.5) is 13.2 Å². The molecule has 0 radical (unpaired) electrons.